The Morgan fingerprint density at radius 3 is 2.29 bits per heavy atom. The molecule has 6 nitrogen and oxygen atoms in total. The Labute approximate surface area is 146 Å². The number of ketones is 1. The lowest BCUT2D eigenvalue weighted by molar-refractivity contribution is -0.307. The predicted octanol–water partition coefficient (Wildman–Crippen LogP) is 1.62. The molecule has 2 aromatic rings. The molecule has 2 rings (SSSR count). The van der Waals surface area contributed by atoms with E-state index in [1.165, 1.54) is 24.3 Å². The second-order valence-corrected chi connectivity index (χ2v) is 5.61. The molecule has 0 atom stereocenters. The molecule has 0 N–H and O–H groups in total. The zero-order valence-electron chi connectivity index (χ0n) is 12.4. The normalized spacial score (nSPS) is 10.0. The smallest absolute Gasteiger partial charge is 0.338 e. The number of esters is 1. The highest BCUT2D eigenvalue weighted by Gasteiger charge is 2.12. The minimum atomic E-state index is -1.34. The molecule has 0 amide bonds. The van der Waals surface area contributed by atoms with Crippen molar-refractivity contribution >= 4 is 33.7 Å². The van der Waals surface area contributed by atoms with Gasteiger partial charge in [-0.25, -0.2) is 4.79 Å². The molecule has 2 aromatic carbocycles. The summed E-state index contributed by atoms with van der Waals surface area (Å²) in [5.74, 6) is -2.05. The van der Waals surface area contributed by atoms with E-state index in [4.69, 9.17) is 9.47 Å². The lowest BCUT2D eigenvalue weighted by atomic mass is 10.1. The van der Waals surface area contributed by atoms with Gasteiger partial charge in [0.15, 0.2) is 12.4 Å². The Bertz CT molecular complexity index is 754. The van der Waals surface area contributed by atoms with Gasteiger partial charge in [0.25, 0.3) is 0 Å². The number of ether oxygens (including phenoxy) is 2. The molecule has 0 bridgehead atoms. The van der Waals surface area contributed by atoms with Crippen LogP contribution in [-0.2, 0) is 9.53 Å². The number of aliphatic carboxylic acids is 1. The van der Waals surface area contributed by atoms with Gasteiger partial charge >= 0.3 is 5.97 Å². The average molecular weight is 392 g/mol. The van der Waals surface area contributed by atoms with E-state index in [0.717, 1.165) is 4.47 Å². The second kappa shape index (κ2) is 8.26. The predicted molar refractivity (Wildman–Crippen MR) is 85.7 cm³/mol. The summed E-state index contributed by atoms with van der Waals surface area (Å²) in [6.07, 6.45) is 0. The van der Waals surface area contributed by atoms with Crippen molar-refractivity contribution in [3.05, 3.63) is 64.1 Å². The van der Waals surface area contributed by atoms with Crippen molar-refractivity contribution < 1.29 is 29.0 Å². The van der Waals surface area contributed by atoms with Gasteiger partial charge in [-0.3, -0.25) is 4.79 Å². The quantitative estimate of drug-likeness (QED) is 0.525. The van der Waals surface area contributed by atoms with Crippen LogP contribution in [0.15, 0.2) is 53.0 Å². The van der Waals surface area contributed by atoms with Crippen LogP contribution in [0.2, 0.25) is 0 Å². The van der Waals surface area contributed by atoms with Crippen LogP contribution in [0, 0.1) is 0 Å². The summed E-state index contributed by atoms with van der Waals surface area (Å²) in [7, 11) is 0. The molecule has 24 heavy (non-hydrogen) atoms. The first-order chi connectivity index (χ1) is 11.5. The van der Waals surface area contributed by atoms with Gasteiger partial charge < -0.3 is 19.4 Å². The van der Waals surface area contributed by atoms with Crippen molar-refractivity contribution in [2.24, 2.45) is 0 Å². The summed E-state index contributed by atoms with van der Waals surface area (Å²) >= 11 is 3.26. The van der Waals surface area contributed by atoms with Gasteiger partial charge in [0.2, 0.25) is 0 Å². The first-order valence-electron chi connectivity index (χ1n) is 6.84. The maximum absolute atomic E-state index is 12.0. The summed E-state index contributed by atoms with van der Waals surface area (Å²) in [4.78, 5) is 34.1. The van der Waals surface area contributed by atoms with Crippen LogP contribution in [-0.4, -0.2) is 30.9 Å². The van der Waals surface area contributed by atoms with E-state index in [-0.39, 0.29) is 23.7 Å². The third-order valence-corrected chi connectivity index (χ3v) is 3.42. The molecule has 7 heteroatoms. The van der Waals surface area contributed by atoms with Crippen LogP contribution in [0.4, 0.5) is 0 Å². The minimum absolute atomic E-state index is 0.220. The van der Waals surface area contributed by atoms with E-state index in [2.05, 4.69) is 15.9 Å². The summed E-state index contributed by atoms with van der Waals surface area (Å²) in [6, 6.07) is 12.4. The van der Waals surface area contributed by atoms with Crippen molar-refractivity contribution in [2.45, 2.75) is 0 Å². The number of Topliss-reactive ketones (excluding diaryl/α,β-unsaturated/α-hetero) is 1. The third-order valence-electron chi connectivity index (χ3n) is 2.93. The highest BCUT2D eigenvalue weighted by Crippen LogP contribution is 2.14. The van der Waals surface area contributed by atoms with Crippen molar-refractivity contribution in [1.82, 2.24) is 0 Å². The molecule has 0 fully saturated rings. The lowest BCUT2D eigenvalue weighted by Gasteiger charge is -2.08. The number of carbonyl (C=O) groups excluding carboxylic acids is 3. The first-order valence-corrected chi connectivity index (χ1v) is 7.63. The molecule has 0 saturated carbocycles. The molecule has 0 aliphatic carbocycles. The van der Waals surface area contributed by atoms with Crippen LogP contribution in [0.1, 0.15) is 20.7 Å². The monoisotopic (exact) mass is 391 g/mol. The highest BCUT2D eigenvalue weighted by molar-refractivity contribution is 9.10. The van der Waals surface area contributed by atoms with Crippen molar-refractivity contribution in [3.8, 4) is 5.75 Å². The molecular weight excluding hydrogens is 380 g/mol. The van der Waals surface area contributed by atoms with E-state index >= 15 is 0 Å². The van der Waals surface area contributed by atoms with Crippen molar-refractivity contribution in [3.63, 3.8) is 0 Å². The van der Waals surface area contributed by atoms with Gasteiger partial charge in [0.05, 0.1) is 11.5 Å². The molecule has 0 aromatic heterocycles. The fraction of sp³-hybridized carbons (Fsp3) is 0.118. The number of hydrogen-bond donors (Lipinski definition) is 0. The molecule has 0 spiro atoms. The summed E-state index contributed by atoms with van der Waals surface area (Å²) in [6.45, 7) is -0.955. The van der Waals surface area contributed by atoms with E-state index in [0.29, 0.717) is 5.56 Å². The third kappa shape index (κ3) is 5.20. The van der Waals surface area contributed by atoms with Crippen LogP contribution >= 0.6 is 15.9 Å². The van der Waals surface area contributed by atoms with Crippen LogP contribution in [0.3, 0.4) is 0 Å². The zero-order valence-corrected chi connectivity index (χ0v) is 13.9. The Morgan fingerprint density at radius 1 is 0.958 bits per heavy atom. The van der Waals surface area contributed by atoms with Crippen LogP contribution < -0.4 is 9.84 Å². The summed E-state index contributed by atoms with van der Waals surface area (Å²) < 4.78 is 10.6. The Hall–Kier alpha value is -2.67. The van der Waals surface area contributed by atoms with Gasteiger partial charge in [-0.1, -0.05) is 28.1 Å². The maximum Gasteiger partial charge on any atom is 0.338 e. The minimum Gasteiger partial charge on any atom is -0.546 e. The SMILES string of the molecule is O=C([O-])COc1ccc(C(=O)OCC(=O)c2cccc(Br)c2)cc1. The molecule has 0 saturated heterocycles. The number of carbonyl (C=O) groups is 3. The average Bonchev–Trinajstić information content (AvgIpc) is 2.58. The van der Waals surface area contributed by atoms with Gasteiger partial charge in [-0.15, -0.1) is 0 Å². The molecule has 0 unspecified atom stereocenters. The number of benzene rings is 2. The zero-order chi connectivity index (χ0) is 17.5. The molecule has 0 aliphatic heterocycles. The lowest BCUT2D eigenvalue weighted by Crippen LogP contribution is -2.28. The van der Waals surface area contributed by atoms with Crippen LogP contribution in [0.25, 0.3) is 0 Å². The molecule has 0 aliphatic rings. The van der Waals surface area contributed by atoms with Crippen molar-refractivity contribution in [2.75, 3.05) is 13.2 Å². The van der Waals surface area contributed by atoms with Crippen LogP contribution in [0.5, 0.6) is 5.75 Å². The standard InChI is InChI=1S/C17H13BrO6/c18-13-3-1-2-12(8-13)15(19)9-24-17(22)11-4-6-14(7-5-11)23-10-16(20)21/h1-8H,9-10H2,(H,20,21)/p-1. The second-order valence-electron chi connectivity index (χ2n) is 4.69. The number of hydrogen-bond acceptors (Lipinski definition) is 6. The number of rotatable bonds is 7. The molecule has 0 heterocycles. The molecular formula is C17H12BrO6-. The Kier molecular flexibility index (Phi) is 6.08. The number of carboxylic acids is 1. The Morgan fingerprint density at radius 2 is 1.67 bits per heavy atom. The van der Waals surface area contributed by atoms with E-state index in [9.17, 15) is 19.5 Å². The fourth-order valence-corrected chi connectivity index (χ4v) is 2.19. The maximum atomic E-state index is 12.0. The summed E-state index contributed by atoms with van der Waals surface area (Å²) in [5, 5.41) is 10.3. The fourth-order valence-electron chi connectivity index (χ4n) is 1.79. The topological polar surface area (TPSA) is 92.7 Å². The largest absolute Gasteiger partial charge is 0.546 e. The Balaban J connectivity index is 1.90. The van der Waals surface area contributed by atoms with Gasteiger partial charge in [0.1, 0.15) is 12.4 Å². The van der Waals surface area contributed by atoms with Gasteiger partial charge in [-0.05, 0) is 36.4 Å². The number of carboxylic acid groups (broad SMARTS) is 1. The molecule has 124 valence electrons. The van der Waals surface area contributed by atoms with Crippen molar-refractivity contribution in [1.29, 1.82) is 0 Å². The summed E-state index contributed by atoms with van der Waals surface area (Å²) in [5.41, 5.74) is 0.654. The molecule has 0 radical (unpaired) electrons. The first kappa shape index (κ1) is 17.7. The van der Waals surface area contributed by atoms with E-state index in [1.54, 1.807) is 24.3 Å². The van der Waals surface area contributed by atoms with Gasteiger partial charge in [-0.2, -0.15) is 0 Å². The van der Waals surface area contributed by atoms with E-state index < -0.39 is 18.5 Å². The van der Waals surface area contributed by atoms with Gasteiger partial charge in [0, 0.05) is 10.0 Å². The van der Waals surface area contributed by atoms with E-state index in [1.807, 2.05) is 0 Å². The highest BCUT2D eigenvalue weighted by atomic mass is 79.9. The number of halogens is 1.